The third kappa shape index (κ3) is 3.82. The molecule has 1 N–H and O–H groups in total. The molecule has 0 unspecified atom stereocenters. The maximum absolute atomic E-state index is 11.9. The van der Waals surface area contributed by atoms with E-state index >= 15 is 0 Å². The Balaban J connectivity index is 1.58. The molecule has 0 heterocycles. The first kappa shape index (κ1) is 17.0. The van der Waals surface area contributed by atoms with E-state index < -0.39 is 6.09 Å². The number of ether oxygens (including phenoxy) is 2. The van der Waals surface area contributed by atoms with Crippen LogP contribution in [0.3, 0.4) is 0 Å². The predicted molar refractivity (Wildman–Crippen MR) is 94.3 cm³/mol. The fourth-order valence-corrected chi connectivity index (χ4v) is 3.15. The van der Waals surface area contributed by atoms with Gasteiger partial charge in [0.15, 0.2) is 0 Å². The molecule has 0 radical (unpaired) electrons. The molecule has 0 saturated carbocycles. The first-order valence-corrected chi connectivity index (χ1v) is 8.45. The average Bonchev–Trinajstić information content (AvgIpc) is 2.94. The molecule has 2 aromatic carbocycles. The Kier molecular flexibility index (Phi) is 5.33. The summed E-state index contributed by atoms with van der Waals surface area (Å²) in [7, 11) is 0. The molecule has 0 spiro atoms. The minimum atomic E-state index is -0.522. The highest BCUT2D eigenvalue weighted by Crippen LogP contribution is 2.44. The summed E-state index contributed by atoms with van der Waals surface area (Å²) in [6.45, 7) is 2.55. The second kappa shape index (κ2) is 7.83. The van der Waals surface area contributed by atoms with Gasteiger partial charge in [0.05, 0.1) is 13.0 Å². The first-order valence-electron chi connectivity index (χ1n) is 8.45. The molecule has 2 aromatic rings. The topological polar surface area (TPSA) is 64.6 Å². The second-order valence-electron chi connectivity index (χ2n) is 5.81. The Bertz CT molecular complexity index is 726. The molecule has 5 heteroatoms. The average molecular weight is 339 g/mol. The molecule has 0 aromatic heterocycles. The number of nitrogens with one attached hydrogen (secondary N) is 1. The van der Waals surface area contributed by atoms with E-state index in [9.17, 15) is 9.59 Å². The first-order chi connectivity index (χ1) is 12.2. The highest BCUT2D eigenvalue weighted by Gasteiger charge is 2.28. The molecule has 130 valence electrons. The standard InChI is InChI=1S/C20H21NO4/c1-2-24-19(22)11-12-21-20(23)25-13-18-16-9-5-3-7-14(16)15-8-4-6-10-17(15)18/h3-10,18H,2,11-13H2,1H3,(H,21,23). The molecule has 5 nitrogen and oxygen atoms in total. The molecule has 0 bridgehead atoms. The largest absolute Gasteiger partial charge is 0.466 e. The van der Waals surface area contributed by atoms with Crippen LogP contribution >= 0.6 is 0 Å². The number of hydrogen-bond acceptors (Lipinski definition) is 4. The van der Waals surface area contributed by atoms with Crippen LogP contribution in [0, 0.1) is 0 Å². The molecule has 1 aliphatic carbocycles. The van der Waals surface area contributed by atoms with Crippen LogP contribution in [0.1, 0.15) is 30.4 Å². The van der Waals surface area contributed by atoms with Gasteiger partial charge in [-0.15, -0.1) is 0 Å². The Morgan fingerprint density at radius 3 is 2.16 bits per heavy atom. The van der Waals surface area contributed by atoms with Gasteiger partial charge in [-0.25, -0.2) is 4.79 Å². The fourth-order valence-electron chi connectivity index (χ4n) is 3.15. The van der Waals surface area contributed by atoms with Crippen molar-refractivity contribution in [2.75, 3.05) is 19.8 Å². The van der Waals surface area contributed by atoms with Gasteiger partial charge in [-0.05, 0) is 29.2 Å². The van der Waals surface area contributed by atoms with Gasteiger partial charge in [0.1, 0.15) is 6.61 Å². The second-order valence-corrected chi connectivity index (χ2v) is 5.81. The van der Waals surface area contributed by atoms with Crippen molar-refractivity contribution in [3.05, 3.63) is 59.7 Å². The van der Waals surface area contributed by atoms with Crippen molar-refractivity contribution >= 4 is 12.1 Å². The van der Waals surface area contributed by atoms with Crippen molar-refractivity contribution in [1.82, 2.24) is 5.32 Å². The summed E-state index contributed by atoms with van der Waals surface area (Å²) < 4.78 is 10.2. The Morgan fingerprint density at radius 2 is 1.56 bits per heavy atom. The van der Waals surface area contributed by atoms with Gasteiger partial charge < -0.3 is 14.8 Å². The van der Waals surface area contributed by atoms with E-state index in [4.69, 9.17) is 9.47 Å². The number of esters is 1. The number of benzene rings is 2. The van der Waals surface area contributed by atoms with Crippen LogP contribution in [0.25, 0.3) is 11.1 Å². The SMILES string of the molecule is CCOC(=O)CCNC(=O)OCC1c2ccccc2-c2ccccc21. The lowest BCUT2D eigenvalue weighted by Crippen LogP contribution is -2.28. The van der Waals surface area contributed by atoms with E-state index in [0.717, 1.165) is 0 Å². The van der Waals surface area contributed by atoms with Crippen molar-refractivity contribution in [3.63, 3.8) is 0 Å². The van der Waals surface area contributed by atoms with Crippen LogP contribution in [0.15, 0.2) is 48.5 Å². The molecular formula is C20H21NO4. The van der Waals surface area contributed by atoms with Gasteiger partial charge in [-0.1, -0.05) is 48.5 Å². The van der Waals surface area contributed by atoms with Gasteiger partial charge in [-0.3, -0.25) is 4.79 Å². The summed E-state index contributed by atoms with van der Waals surface area (Å²) in [5.74, 6) is -0.301. The number of alkyl carbamates (subject to hydrolysis) is 1. The zero-order valence-electron chi connectivity index (χ0n) is 14.2. The molecule has 0 aliphatic heterocycles. The maximum atomic E-state index is 11.9. The number of carbonyl (C=O) groups is 2. The van der Waals surface area contributed by atoms with Crippen LogP contribution in [0.2, 0.25) is 0 Å². The molecule has 0 atom stereocenters. The van der Waals surface area contributed by atoms with E-state index in [-0.39, 0.29) is 31.5 Å². The number of hydrogen-bond donors (Lipinski definition) is 1. The zero-order valence-corrected chi connectivity index (χ0v) is 14.2. The van der Waals surface area contributed by atoms with E-state index in [1.54, 1.807) is 6.92 Å². The molecule has 1 aliphatic rings. The van der Waals surface area contributed by atoms with Crippen molar-refractivity contribution in [1.29, 1.82) is 0 Å². The zero-order chi connectivity index (χ0) is 17.6. The third-order valence-electron chi connectivity index (χ3n) is 4.25. The van der Waals surface area contributed by atoms with Gasteiger partial charge in [0, 0.05) is 12.5 Å². The lowest BCUT2D eigenvalue weighted by Gasteiger charge is -2.14. The number of carbonyl (C=O) groups excluding carboxylic acids is 2. The van der Waals surface area contributed by atoms with Gasteiger partial charge >= 0.3 is 12.1 Å². The lowest BCUT2D eigenvalue weighted by molar-refractivity contribution is -0.142. The highest BCUT2D eigenvalue weighted by molar-refractivity contribution is 5.79. The van der Waals surface area contributed by atoms with Gasteiger partial charge in [0.2, 0.25) is 0 Å². The lowest BCUT2D eigenvalue weighted by atomic mass is 9.98. The van der Waals surface area contributed by atoms with Crippen LogP contribution < -0.4 is 5.32 Å². The summed E-state index contributed by atoms with van der Waals surface area (Å²) in [4.78, 5) is 23.1. The molecular weight excluding hydrogens is 318 g/mol. The van der Waals surface area contributed by atoms with Crippen molar-refractivity contribution in [2.45, 2.75) is 19.3 Å². The van der Waals surface area contributed by atoms with E-state index in [2.05, 4.69) is 29.6 Å². The predicted octanol–water partition coefficient (Wildman–Crippen LogP) is 3.48. The third-order valence-corrected chi connectivity index (χ3v) is 4.25. The fraction of sp³-hybridized carbons (Fsp3) is 0.300. The minimum absolute atomic E-state index is 0.0307. The molecule has 0 saturated heterocycles. The van der Waals surface area contributed by atoms with E-state index in [0.29, 0.717) is 6.61 Å². The summed E-state index contributed by atoms with van der Waals surface area (Å²) in [6.07, 6.45) is -0.385. The maximum Gasteiger partial charge on any atom is 0.407 e. The Hall–Kier alpha value is -2.82. The summed E-state index contributed by atoms with van der Waals surface area (Å²) in [5.41, 5.74) is 4.72. The van der Waals surface area contributed by atoms with Gasteiger partial charge in [-0.2, -0.15) is 0 Å². The number of rotatable bonds is 6. The smallest absolute Gasteiger partial charge is 0.407 e. The molecule has 25 heavy (non-hydrogen) atoms. The van der Waals surface area contributed by atoms with Crippen LogP contribution in [0.5, 0.6) is 0 Å². The van der Waals surface area contributed by atoms with E-state index in [1.807, 2.05) is 24.3 Å². The van der Waals surface area contributed by atoms with Crippen molar-refractivity contribution in [3.8, 4) is 11.1 Å². The Labute approximate surface area is 147 Å². The van der Waals surface area contributed by atoms with Gasteiger partial charge in [0.25, 0.3) is 0 Å². The quantitative estimate of drug-likeness (QED) is 0.819. The minimum Gasteiger partial charge on any atom is -0.466 e. The van der Waals surface area contributed by atoms with E-state index in [1.165, 1.54) is 22.3 Å². The summed E-state index contributed by atoms with van der Waals surface area (Å²) >= 11 is 0. The highest BCUT2D eigenvalue weighted by atomic mass is 16.5. The molecule has 1 amide bonds. The normalized spacial score (nSPS) is 12.2. The monoisotopic (exact) mass is 339 g/mol. The van der Waals surface area contributed by atoms with Crippen LogP contribution in [-0.2, 0) is 14.3 Å². The van der Waals surface area contributed by atoms with Crippen LogP contribution in [-0.4, -0.2) is 31.8 Å². The summed E-state index contributed by atoms with van der Waals surface area (Å²) in [6, 6.07) is 16.3. The Morgan fingerprint density at radius 1 is 0.960 bits per heavy atom. The number of amides is 1. The number of fused-ring (bicyclic) bond motifs is 3. The van der Waals surface area contributed by atoms with Crippen molar-refractivity contribution in [2.24, 2.45) is 0 Å². The molecule has 0 fully saturated rings. The van der Waals surface area contributed by atoms with Crippen molar-refractivity contribution < 1.29 is 19.1 Å². The van der Waals surface area contributed by atoms with Crippen LogP contribution in [0.4, 0.5) is 4.79 Å². The molecule has 3 rings (SSSR count). The summed E-state index contributed by atoms with van der Waals surface area (Å²) in [5, 5.41) is 2.58.